The van der Waals surface area contributed by atoms with E-state index < -0.39 is 0 Å². The number of rotatable bonds is 3. The second-order valence-corrected chi connectivity index (χ2v) is 7.79. The van der Waals surface area contributed by atoms with Gasteiger partial charge in [0.15, 0.2) is 5.12 Å². The normalized spacial score (nSPS) is 26.7. The molecule has 4 nitrogen and oxygen atoms in total. The Labute approximate surface area is 148 Å². The van der Waals surface area contributed by atoms with Crippen LogP contribution in [0, 0.1) is 5.92 Å². The minimum Gasteiger partial charge on any atom is -0.286 e. The van der Waals surface area contributed by atoms with Gasteiger partial charge in [-0.05, 0) is 29.2 Å². The summed E-state index contributed by atoms with van der Waals surface area (Å²) in [5.41, 5.74) is 1.55. The number of hydrogen-bond acceptors (Lipinski definition) is 6. The maximum atomic E-state index is 12.4. The van der Waals surface area contributed by atoms with Gasteiger partial charge in [0.2, 0.25) is 5.12 Å². The average Bonchev–Trinajstić information content (AvgIpc) is 3.19. The number of allylic oxidation sites excluding steroid dienone is 2. The molecule has 1 saturated heterocycles. The van der Waals surface area contributed by atoms with Crippen LogP contribution >= 0.6 is 23.5 Å². The molecular weight excluding hydrogens is 340 g/mol. The molecule has 2 aromatic rings. The average molecular weight is 354 g/mol. The third-order valence-electron chi connectivity index (χ3n) is 4.24. The smallest absolute Gasteiger partial charge is 0.206 e. The molecule has 2 aliphatic heterocycles. The second kappa shape index (κ2) is 6.53. The van der Waals surface area contributed by atoms with Gasteiger partial charge in [-0.15, -0.1) is 0 Å². The van der Waals surface area contributed by atoms with Gasteiger partial charge in [-0.25, -0.2) is 0 Å². The number of aromatic nitrogens is 2. The zero-order valence-corrected chi connectivity index (χ0v) is 14.3. The minimum atomic E-state index is -0.323. The summed E-state index contributed by atoms with van der Waals surface area (Å²) < 4.78 is 0. The molecule has 3 unspecified atom stereocenters. The molecule has 0 N–H and O–H groups in total. The number of nitrogens with zero attached hydrogens (tertiary/aromatic N) is 2. The predicted molar refractivity (Wildman–Crippen MR) is 95.6 cm³/mol. The van der Waals surface area contributed by atoms with Crippen molar-refractivity contribution < 1.29 is 9.59 Å². The third kappa shape index (κ3) is 2.80. The highest BCUT2D eigenvalue weighted by molar-refractivity contribution is 8.17. The number of hydrogen-bond donors (Lipinski definition) is 0. The van der Waals surface area contributed by atoms with E-state index in [0.717, 1.165) is 16.3 Å². The topological polar surface area (TPSA) is 59.9 Å². The lowest BCUT2D eigenvalue weighted by molar-refractivity contribution is -0.112. The van der Waals surface area contributed by atoms with E-state index in [0.29, 0.717) is 5.75 Å². The molecule has 2 aliphatic rings. The van der Waals surface area contributed by atoms with Gasteiger partial charge in [-0.1, -0.05) is 41.7 Å². The van der Waals surface area contributed by atoms with Crippen molar-refractivity contribution in [3.05, 3.63) is 71.2 Å². The van der Waals surface area contributed by atoms with E-state index in [4.69, 9.17) is 0 Å². The van der Waals surface area contributed by atoms with Crippen molar-refractivity contribution >= 4 is 33.8 Å². The molecule has 1 fully saturated rings. The monoisotopic (exact) mass is 354 g/mol. The number of carbonyl (C=O) groups excluding carboxylic acids is 2. The molecule has 0 saturated carbocycles. The van der Waals surface area contributed by atoms with Gasteiger partial charge in [0, 0.05) is 24.1 Å². The molecule has 0 amide bonds. The van der Waals surface area contributed by atoms with E-state index in [1.54, 1.807) is 12.4 Å². The Morgan fingerprint density at radius 1 is 0.917 bits per heavy atom. The highest BCUT2D eigenvalue weighted by atomic mass is 32.2. The molecular formula is C18H14N2O2S2. The molecule has 120 valence electrons. The molecule has 4 heterocycles. The van der Waals surface area contributed by atoms with Crippen LogP contribution in [0.25, 0.3) is 0 Å². The van der Waals surface area contributed by atoms with Crippen LogP contribution in [0.5, 0.6) is 0 Å². The molecule has 6 heteroatoms. The lowest BCUT2D eigenvalue weighted by atomic mass is 9.90. The Kier molecular flexibility index (Phi) is 4.24. The molecule has 2 aromatic heterocycles. The van der Waals surface area contributed by atoms with Crippen molar-refractivity contribution in [3.63, 3.8) is 0 Å². The zero-order chi connectivity index (χ0) is 16.5. The first-order valence-corrected chi connectivity index (χ1v) is 9.46. The summed E-state index contributed by atoms with van der Waals surface area (Å²) in [6, 6.07) is 11.2. The SMILES string of the molecule is O=C1SC(C2CSC(=O)C2c2ccccn2)=CC1c1ccccn1. The first kappa shape index (κ1) is 15.6. The van der Waals surface area contributed by atoms with Crippen molar-refractivity contribution in [2.45, 2.75) is 11.8 Å². The Balaban J connectivity index is 1.66. The molecule has 0 spiro atoms. The van der Waals surface area contributed by atoms with E-state index in [9.17, 15) is 9.59 Å². The first-order valence-electron chi connectivity index (χ1n) is 7.66. The van der Waals surface area contributed by atoms with Crippen molar-refractivity contribution in [2.75, 3.05) is 5.75 Å². The summed E-state index contributed by atoms with van der Waals surface area (Å²) in [5.74, 6) is 0.114. The van der Waals surface area contributed by atoms with Gasteiger partial charge in [-0.2, -0.15) is 0 Å². The van der Waals surface area contributed by atoms with Crippen LogP contribution in [0.4, 0.5) is 0 Å². The number of thioether (sulfide) groups is 2. The van der Waals surface area contributed by atoms with Crippen molar-refractivity contribution in [3.8, 4) is 0 Å². The van der Waals surface area contributed by atoms with Crippen LogP contribution in [0.3, 0.4) is 0 Å². The largest absolute Gasteiger partial charge is 0.286 e. The van der Waals surface area contributed by atoms with Crippen LogP contribution in [0.15, 0.2) is 59.8 Å². The van der Waals surface area contributed by atoms with Gasteiger partial charge in [-0.3, -0.25) is 19.6 Å². The molecule has 0 aromatic carbocycles. The summed E-state index contributed by atoms with van der Waals surface area (Å²) in [6.07, 6.45) is 5.39. The van der Waals surface area contributed by atoms with Crippen LogP contribution in [-0.2, 0) is 9.59 Å². The van der Waals surface area contributed by atoms with E-state index >= 15 is 0 Å². The van der Waals surface area contributed by atoms with Gasteiger partial charge < -0.3 is 0 Å². The number of pyridine rings is 2. The molecule has 24 heavy (non-hydrogen) atoms. The fourth-order valence-electron chi connectivity index (χ4n) is 3.07. The minimum absolute atomic E-state index is 0.0139. The zero-order valence-electron chi connectivity index (χ0n) is 12.7. The molecule has 4 rings (SSSR count). The van der Waals surface area contributed by atoms with Crippen LogP contribution in [0.1, 0.15) is 23.2 Å². The van der Waals surface area contributed by atoms with Crippen LogP contribution in [-0.4, -0.2) is 26.0 Å². The quantitative estimate of drug-likeness (QED) is 0.842. The molecule has 3 atom stereocenters. The number of carbonyl (C=O) groups is 2. The van der Waals surface area contributed by atoms with Crippen LogP contribution < -0.4 is 0 Å². The highest BCUT2D eigenvalue weighted by Crippen LogP contribution is 2.50. The predicted octanol–water partition coefficient (Wildman–Crippen LogP) is 3.39. The third-order valence-corrected chi connectivity index (χ3v) is 6.44. The van der Waals surface area contributed by atoms with Gasteiger partial charge in [0.05, 0.1) is 23.2 Å². The van der Waals surface area contributed by atoms with Crippen molar-refractivity contribution in [1.82, 2.24) is 9.97 Å². The maximum absolute atomic E-state index is 12.4. The van der Waals surface area contributed by atoms with Crippen LogP contribution in [0.2, 0.25) is 0 Å². The Morgan fingerprint density at radius 2 is 1.62 bits per heavy atom. The van der Waals surface area contributed by atoms with Crippen molar-refractivity contribution in [1.29, 1.82) is 0 Å². The fraction of sp³-hybridized carbons (Fsp3) is 0.222. The molecule has 0 aliphatic carbocycles. The van der Waals surface area contributed by atoms with Crippen molar-refractivity contribution in [2.24, 2.45) is 5.92 Å². The van der Waals surface area contributed by atoms with Gasteiger partial charge in [0.1, 0.15) is 0 Å². The second-order valence-electron chi connectivity index (χ2n) is 5.69. The van der Waals surface area contributed by atoms with E-state index in [1.807, 2.05) is 42.5 Å². The van der Waals surface area contributed by atoms with E-state index in [-0.39, 0.29) is 28.0 Å². The Hall–Kier alpha value is -1.92. The first-order chi connectivity index (χ1) is 11.7. The fourth-order valence-corrected chi connectivity index (χ4v) is 5.48. The molecule has 0 bridgehead atoms. The summed E-state index contributed by atoms with van der Waals surface area (Å²) in [7, 11) is 0. The standard InChI is InChI=1S/C18H14N2O2S2/c21-17-11(13-5-1-3-7-19-13)9-15(24-17)12-10-23-18(22)16(12)14-6-2-4-8-20-14/h1-9,11-12,16H,10H2. The Bertz CT molecular complexity index is 808. The lowest BCUT2D eigenvalue weighted by Gasteiger charge is -2.17. The van der Waals surface area contributed by atoms with Gasteiger partial charge >= 0.3 is 0 Å². The summed E-state index contributed by atoms with van der Waals surface area (Å²) in [4.78, 5) is 34.4. The highest BCUT2D eigenvalue weighted by Gasteiger charge is 2.43. The maximum Gasteiger partial charge on any atom is 0.206 e. The summed E-state index contributed by atoms with van der Waals surface area (Å²) >= 11 is 2.59. The summed E-state index contributed by atoms with van der Waals surface area (Å²) in [6.45, 7) is 0. The molecule has 0 radical (unpaired) electrons. The van der Waals surface area contributed by atoms with E-state index in [1.165, 1.54) is 23.5 Å². The Morgan fingerprint density at radius 3 is 2.29 bits per heavy atom. The van der Waals surface area contributed by atoms with Gasteiger partial charge in [0.25, 0.3) is 0 Å². The van der Waals surface area contributed by atoms with E-state index in [2.05, 4.69) is 9.97 Å². The summed E-state index contributed by atoms with van der Waals surface area (Å²) in [5, 5.41) is 0.210. The lowest BCUT2D eigenvalue weighted by Crippen LogP contribution is -2.15.